The average molecular weight is 259 g/mol. The summed E-state index contributed by atoms with van der Waals surface area (Å²) in [5, 5.41) is 3.14. The lowest BCUT2D eigenvalue weighted by atomic mass is 10.0. The molecule has 0 bridgehead atoms. The van der Waals surface area contributed by atoms with Crippen LogP contribution in [0.2, 0.25) is 0 Å². The standard InChI is InChI=1S/C16H18FNO/c1-3-18-11-13-10-12(8-9-15(13)17)14-6-4-5-7-16(14)19-2/h4-10,18H,3,11H2,1-2H3. The van der Waals surface area contributed by atoms with Gasteiger partial charge in [0.05, 0.1) is 7.11 Å². The molecule has 0 aromatic heterocycles. The van der Waals surface area contributed by atoms with Gasteiger partial charge in [-0.2, -0.15) is 0 Å². The molecule has 0 saturated carbocycles. The first kappa shape index (κ1) is 13.6. The van der Waals surface area contributed by atoms with Crippen LogP contribution in [0.5, 0.6) is 5.75 Å². The van der Waals surface area contributed by atoms with E-state index in [1.807, 2.05) is 37.3 Å². The van der Waals surface area contributed by atoms with E-state index >= 15 is 0 Å². The van der Waals surface area contributed by atoms with Crippen molar-refractivity contribution in [2.75, 3.05) is 13.7 Å². The highest BCUT2D eigenvalue weighted by atomic mass is 19.1. The van der Waals surface area contributed by atoms with Crippen LogP contribution < -0.4 is 10.1 Å². The third-order valence-corrected chi connectivity index (χ3v) is 3.03. The average Bonchev–Trinajstić information content (AvgIpc) is 2.46. The second-order valence-corrected chi connectivity index (χ2v) is 4.29. The van der Waals surface area contributed by atoms with Crippen LogP contribution in [0.15, 0.2) is 42.5 Å². The zero-order valence-electron chi connectivity index (χ0n) is 11.2. The Morgan fingerprint density at radius 2 is 1.95 bits per heavy atom. The molecule has 0 saturated heterocycles. The summed E-state index contributed by atoms with van der Waals surface area (Å²) in [6.07, 6.45) is 0. The summed E-state index contributed by atoms with van der Waals surface area (Å²) >= 11 is 0. The lowest BCUT2D eigenvalue weighted by Gasteiger charge is -2.11. The molecule has 2 aromatic rings. The highest BCUT2D eigenvalue weighted by Gasteiger charge is 2.08. The van der Waals surface area contributed by atoms with E-state index in [2.05, 4.69) is 5.32 Å². The van der Waals surface area contributed by atoms with Gasteiger partial charge in [-0.1, -0.05) is 31.2 Å². The summed E-state index contributed by atoms with van der Waals surface area (Å²) in [4.78, 5) is 0. The fourth-order valence-electron chi connectivity index (χ4n) is 2.02. The Kier molecular flexibility index (Phi) is 4.53. The topological polar surface area (TPSA) is 21.3 Å². The number of para-hydroxylation sites is 1. The maximum atomic E-state index is 13.7. The number of hydrogen-bond donors (Lipinski definition) is 1. The van der Waals surface area contributed by atoms with Gasteiger partial charge in [0.2, 0.25) is 0 Å². The number of methoxy groups -OCH3 is 1. The third-order valence-electron chi connectivity index (χ3n) is 3.03. The minimum atomic E-state index is -0.181. The number of rotatable bonds is 5. The molecule has 2 rings (SSSR count). The number of nitrogens with one attached hydrogen (secondary N) is 1. The van der Waals surface area contributed by atoms with E-state index in [1.54, 1.807) is 13.2 Å². The Bertz CT molecular complexity index is 554. The zero-order valence-corrected chi connectivity index (χ0v) is 11.2. The summed E-state index contributed by atoms with van der Waals surface area (Å²) in [7, 11) is 1.64. The molecule has 0 atom stereocenters. The fourth-order valence-corrected chi connectivity index (χ4v) is 2.02. The number of halogens is 1. The molecule has 0 aliphatic carbocycles. The van der Waals surface area contributed by atoms with Crippen LogP contribution >= 0.6 is 0 Å². The normalized spacial score (nSPS) is 10.5. The van der Waals surface area contributed by atoms with E-state index in [0.29, 0.717) is 12.1 Å². The van der Waals surface area contributed by atoms with Crippen molar-refractivity contribution in [3.8, 4) is 16.9 Å². The quantitative estimate of drug-likeness (QED) is 0.885. The summed E-state index contributed by atoms with van der Waals surface area (Å²) in [5.41, 5.74) is 2.61. The van der Waals surface area contributed by atoms with Gasteiger partial charge in [0.1, 0.15) is 11.6 Å². The smallest absolute Gasteiger partial charge is 0.127 e. The van der Waals surface area contributed by atoms with Crippen molar-refractivity contribution in [2.24, 2.45) is 0 Å². The lowest BCUT2D eigenvalue weighted by molar-refractivity contribution is 0.416. The van der Waals surface area contributed by atoms with Gasteiger partial charge in [-0.3, -0.25) is 0 Å². The number of hydrogen-bond acceptors (Lipinski definition) is 2. The number of ether oxygens (including phenoxy) is 1. The molecule has 0 fully saturated rings. The Morgan fingerprint density at radius 3 is 2.68 bits per heavy atom. The highest BCUT2D eigenvalue weighted by Crippen LogP contribution is 2.30. The molecule has 0 aliphatic heterocycles. The molecule has 0 heterocycles. The van der Waals surface area contributed by atoms with Gasteiger partial charge in [0, 0.05) is 17.7 Å². The monoisotopic (exact) mass is 259 g/mol. The Morgan fingerprint density at radius 1 is 1.16 bits per heavy atom. The van der Waals surface area contributed by atoms with E-state index in [-0.39, 0.29) is 5.82 Å². The molecule has 0 aliphatic rings. The van der Waals surface area contributed by atoms with Gasteiger partial charge >= 0.3 is 0 Å². The van der Waals surface area contributed by atoms with Gasteiger partial charge in [-0.25, -0.2) is 4.39 Å². The van der Waals surface area contributed by atoms with E-state index in [0.717, 1.165) is 23.4 Å². The maximum Gasteiger partial charge on any atom is 0.127 e. The summed E-state index contributed by atoms with van der Waals surface area (Å²) in [5.74, 6) is 0.614. The Labute approximate surface area is 113 Å². The van der Waals surface area contributed by atoms with Crippen LogP contribution in [0.25, 0.3) is 11.1 Å². The fraction of sp³-hybridized carbons (Fsp3) is 0.250. The highest BCUT2D eigenvalue weighted by molar-refractivity contribution is 5.70. The van der Waals surface area contributed by atoms with Gasteiger partial charge in [-0.15, -0.1) is 0 Å². The summed E-state index contributed by atoms with van der Waals surface area (Å²) in [6.45, 7) is 3.35. The minimum absolute atomic E-state index is 0.181. The zero-order chi connectivity index (χ0) is 13.7. The van der Waals surface area contributed by atoms with Crippen LogP contribution in [-0.2, 0) is 6.54 Å². The second kappa shape index (κ2) is 6.34. The largest absolute Gasteiger partial charge is 0.496 e. The van der Waals surface area contributed by atoms with Crippen LogP contribution in [0.3, 0.4) is 0 Å². The van der Waals surface area contributed by atoms with Crippen molar-refractivity contribution in [3.05, 3.63) is 53.8 Å². The molecule has 2 nitrogen and oxygen atoms in total. The predicted molar refractivity (Wildman–Crippen MR) is 75.8 cm³/mol. The van der Waals surface area contributed by atoms with Gasteiger partial charge in [-0.05, 0) is 30.3 Å². The molecule has 0 amide bonds. The number of benzene rings is 2. The van der Waals surface area contributed by atoms with Crippen molar-refractivity contribution in [1.82, 2.24) is 5.32 Å². The first-order valence-corrected chi connectivity index (χ1v) is 6.38. The van der Waals surface area contributed by atoms with Crippen LogP contribution in [0.1, 0.15) is 12.5 Å². The van der Waals surface area contributed by atoms with Crippen molar-refractivity contribution < 1.29 is 9.13 Å². The summed E-state index contributed by atoms with van der Waals surface area (Å²) < 4.78 is 19.1. The van der Waals surface area contributed by atoms with Crippen molar-refractivity contribution in [2.45, 2.75) is 13.5 Å². The van der Waals surface area contributed by atoms with Crippen molar-refractivity contribution in [1.29, 1.82) is 0 Å². The molecule has 100 valence electrons. The minimum Gasteiger partial charge on any atom is -0.496 e. The predicted octanol–water partition coefficient (Wildman–Crippen LogP) is 3.61. The Balaban J connectivity index is 2.39. The summed E-state index contributed by atoms with van der Waals surface area (Å²) in [6, 6.07) is 12.9. The van der Waals surface area contributed by atoms with E-state index < -0.39 is 0 Å². The lowest BCUT2D eigenvalue weighted by Crippen LogP contribution is -2.13. The molecule has 0 unspecified atom stereocenters. The van der Waals surface area contributed by atoms with Gasteiger partial charge < -0.3 is 10.1 Å². The van der Waals surface area contributed by atoms with Crippen molar-refractivity contribution in [3.63, 3.8) is 0 Å². The van der Waals surface area contributed by atoms with E-state index in [9.17, 15) is 4.39 Å². The first-order chi connectivity index (χ1) is 9.26. The van der Waals surface area contributed by atoms with Crippen LogP contribution in [0.4, 0.5) is 4.39 Å². The van der Waals surface area contributed by atoms with E-state index in [1.165, 1.54) is 6.07 Å². The maximum absolute atomic E-state index is 13.7. The van der Waals surface area contributed by atoms with Gasteiger partial charge in [0.25, 0.3) is 0 Å². The second-order valence-electron chi connectivity index (χ2n) is 4.29. The molecule has 19 heavy (non-hydrogen) atoms. The Hall–Kier alpha value is -1.87. The molecule has 2 aromatic carbocycles. The van der Waals surface area contributed by atoms with Gasteiger partial charge in [0.15, 0.2) is 0 Å². The van der Waals surface area contributed by atoms with Crippen LogP contribution in [0, 0.1) is 5.82 Å². The molecule has 0 radical (unpaired) electrons. The van der Waals surface area contributed by atoms with Crippen LogP contribution in [-0.4, -0.2) is 13.7 Å². The molecular formula is C16H18FNO. The molecule has 0 spiro atoms. The van der Waals surface area contributed by atoms with E-state index in [4.69, 9.17) is 4.74 Å². The third kappa shape index (κ3) is 3.12. The van der Waals surface area contributed by atoms with Crippen molar-refractivity contribution >= 4 is 0 Å². The molecular weight excluding hydrogens is 241 g/mol. The molecule has 1 N–H and O–H groups in total. The first-order valence-electron chi connectivity index (χ1n) is 6.38. The SMILES string of the molecule is CCNCc1cc(-c2ccccc2OC)ccc1F. The molecule has 3 heteroatoms.